The fraction of sp³-hybridized carbons (Fsp3) is 0.364. The zero-order valence-electron chi connectivity index (χ0n) is 9.67. The molecule has 6 heteroatoms. The zero-order chi connectivity index (χ0) is 12.6. The van der Waals surface area contributed by atoms with E-state index < -0.39 is 11.5 Å². The molecule has 0 aromatic carbocycles. The maximum Gasteiger partial charge on any atom is 0.352 e. The standard InChI is InChI=1S/C11H13N3O3/c1-3-7-5-9-13(4-2)8(11(16)17)6-10(15)14(9)12-7/h5-6H,3-4H2,1-2H3,(H,16,17). The highest BCUT2D eigenvalue weighted by Crippen LogP contribution is 2.09. The molecule has 0 bridgehead atoms. The lowest BCUT2D eigenvalue weighted by Crippen LogP contribution is -2.23. The lowest BCUT2D eigenvalue weighted by atomic mass is 10.3. The number of hydrogen-bond donors (Lipinski definition) is 1. The molecule has 2 aromatic rings. The first-order valence-electron chi connectivity index (χ1n) is 5.44. The minimum atomic E-state index is -1.11. The Kier molecular flexibility index (Phi) is 2.71. The summed E-state index contributed by atoms with van der Waals surface area (Å²) in [6.45, 7) is 4.23. The van der Waals surface area contributed by atoms with E-state index in [1.54, 1.807) is 10.6 Å². The predicted molar refractivity (Wildman–Crippen MR) is 61.5 cm³/mol. The van der Waals surface area contributed by atoms with Gasteiger partial charge in [0.25, 0.3) is 5.56 Å². The summed E-state index contributed by atoms with van der Waals surface area (Å²) in [4.78, 5) is 22.8. The second kappa shape index (κ2) is 4.04. The van der Waals surface area contributed by atoms with E-state index in [4.69, 9.17) is 5.11 Å². The first-order chi connectivity index (χ1) is 8.08. The highest BCUT2D eigenvalue weighted by molar-refractivity contribution is 5.86. The molecule has 0 atom stereocenters. The third-order valence-electron chi connectivity index (χ3n) is 2.68. The van der Waals surface area contributed by atoms with Crippen molar-refractivity contribution in [3.05, 3.63) is 33.9 Å². The summed E-state index contributed by atoms with van der Waals surface area (Å²) in [6.07, 6.45) is 0.702. The van der Waals surface area contributed by atoms with E-state index in [-0.39, 0.29) is 5.69 Å². The summed E-state index contributed by atoms with van der Waals surface area (Å²) >= 11 is 0. The molecule has 0 fully saturated rings. The fourth-order valence-corrected chi connectivity index (χ4v) is 1.83. The van der Waals surface area contributed by atoms with Gasteiger partial charge >= 0.3 is 5.97 Å². The van der Waals surface area contributed by atoms with E-state index in [1.165, 1.54) is 4.52 Å². The van der Waals surface area contributed by atoms with Gasteiger partial charge in [-0.3, -0.25) is 4.79 Å². The SMILES string of the molecule is CCc1cc2n(CC)c(C(=O)O)cc(=O)n2n1. The van der Waals surface area contributed by atoms with Crippen LogP contribution >= 0.6 is 0 Å². The monoisotopic (exact) mass is 235 g/mol. The third-order valence-corrected chi connectivity index (χ3v) is 2.68. The largest absolute Gasteiger partial charge is 0.477 e. The summed E-state index contributed by atoms with van der Waals surface area (Å²) in [5.74, 6) is -1.11. The quantitative estimate of drug-likeness (QED) is 0.852. The maximum absolute atomic E-state index is 11.7. The van der Waals surface area contributed by atoms with Crippen molar-refractivity contribution in [2.24, 2.45) is 0 Å². The predicted octanol–water partition coefficient (Wildman–Crippen LogP) is 0.776. The highest BCUT2D eigenvalue weighted by Gasteiger charge is 2.15. The molecule has 0 unspecified atom stereocenters. The van der Waals surface area contributed by atoms with E-state index in [0.29, 0.717) is 18.6 Å². The van der Waals surface area contributed by atoms with Gasteiger partial charge in [-0.15, -0.1) is 0 Å². The molecule has 0 aliphatic rings. The number of hydrogen-bond acceptors (Lipinski definition) is 3. The summed E-state index contributed by atoms with van der Waals surface area (Å²) in [5, 5.41) is 13.2. The van der Waals surface area contributed by atoms with Crippen LogP contribution in [0.4, 0.5) is 0 Å². The number of nitrogens with zero attached hydrogens (tertiary/aromatic N) is 3. The van der Waals surface area contributed by atoms with Crippen molar-refractivity contribution in [3.63, 3.8) is 0 Å². The average molecular weight is 235 g/mol. The Hall–Kier alpha value is -2.11. The van der Waals surface area contributed by atoms with Crippen LogP contribution in [0.1, 0.15) is 30.0 Å². The topological polar surface area (TPSA) is 76.6 Å². The van der Waals surface area contributed by atoms with Gasteiger partial charge in [0.15, 0.2) is 0 Å². The second-order valence-electron chi connectivity index (χ2n) is 3.68. The van der Waals surface area contributed by atoms with Gasteiger partial charge < -0.3 is 9.67 Å². The molecule has 0 aliphatic heterocycles. The molecule has 0 saturated heterocycles. The molecule has 6 nitrogen and oxygen atoms in total. The summed E-state index contributed by atoms with van der Waals surface area (Å²) < 4.78 is 2.81. The Morgan fingerprint density at radius 3 is 2.65 bits per heavy atom. The van der Waals surface area contributed by atoms with Crippen LogP contribution in [0.5, 0.6) is 0 Å². The summed E-state index contributed by atoms with van der Waals surface area (Å²) in [6, 6.07) is 2.85. The second-order valence-corrected chi connectivity index (χ2v) is 3.68. The number of fused-ring (bicyclic) bond motifs is 1. The average Bonchev–Trinajstić information content (AvgIpc) is 2.73. The molecule has 0 amide bonds. The van der Waals surface area contributed by atoms with Gasteiger partial charge in [0.2, 0.25) is 0 Å². The van der Waals surface area contributed by atoms with Crippen LogP contribution in [0, 0.1) is 0 Å². The maximum atomic E-state index is 11.7. The third kappa shape index (κ3) is 1.71. The number of rotatable bonds is 3. The number of carboxylic acids is 1. The van der Waals surface area contributed by atoms with Crippen molar-refractivity contribution in [2.45, 2.75) is 26.8 Å². The molecule has 0 radical (unpaired) electrons. The van der Waals surface area contributed by atoms with Crippen molar-refractivity contribution >= 4 is 11.6 Å². The van der Waals surface area contributed by atoms with E-state index in [9.17, 15) is 9.59 Å². The van der Waals surface area contributed by atoms with E-state index in [2.05, 4.69) is 5.10 Å². The van der Waals surface area contributed by atoms with E-state index in [0.717, 1.165) is 11.8 Å². The van der Waals surface area contributed by atoms with Crippen LogP contribution in [0.25, 0.3) is 5.65 Å². The Labute approximate surface area is 97.1 Å². The number of carbonyl (C=O) groups is 1. The van der Waals surface area contributed by atoms with Crippen LogP contribution < -0.4 is 5.56 Å². The van der Waals surface area contributed by atoms with Gasteiger partial charge in [0.05, 0.1) is 5.69 Å². The molecule has 90 valence electrons. The molecule has 1 N–H and O–H groups in total. The first-order valence-corrected chi connectivity index (χ1v) is 5.44. The molecule has 0 saturated carbocycles. The van der Waals surface area contributed by atoms with Gasteiger partial charge in [0.1, 0.15) is 11.3 Å². The van der Waals surface area contributed by atoms with Crippen LogP contribution in [0.15, 0.2) is 16.9 Å². The Morgan fingerprint density at radius 1 is 1.41 bits per heavy atom. The highest BCUT2D eigenvalue weighted by atomic mass is 16.4. The molecule has 17 heavy (non-hydrogen) atoms. The minimum Gasteiger partial charge on any atom is -0.477 e. The van der Waals surface area contributed by atoms with Crippen molar-refractivity contribution < 1.29 is 9.90 Å². The molecule has 0 spiro atoms. The van der Waals surface area contributed by atoms with Gasteiger partial charge in [-0.2, -0.15) is 9.61 Å². The minimum absolute atomic E-state index is 0.00690. The molecular formula is C11H13N3O3. The number of aryl methyl sites for hydroxylation is 2. The number of carboxylic acid groups (broad SMARTS) is 1. The number of aromatic nitrogens is 3. The van der Waals surface area contributed by atoms with Crippen LogP contribution in [-0.4, -0.2) is 25.3 Å². The van der Waals surface area contributed by atoms with Crippen LogP contribution in [0.2, 0.25) is 0 Å². The van der Waals surface area contributed by atoms with Crippen LogP contribution in [-0.2, 0) is 13.0 Å². The van der Waals surface area contributed by atoms with E-state index >= 15 is 0 Å². The lowest BCUT2D eigenvalue weighted by Gasteiger charge is -2.09. The Bertz CT molecular complexity index is 639. The van der Waals surface area contributed by atoms with Gasteiger partial charge in [-0.1, -0.05) is 6.92 Å². The normalized spacial score (nSPS) is 10.9. The van der Waals surface area contributed by atoms with Crippen molar-refractivity contribution in [3.8, 4) is 0 Å². The van der Waals surface area contributed by atoms with Gasteiger partial charge in [-0.05, 0) is 13.3 Å². The molecule has 2 heterocycles. The Balaban J connectivity index is 2.89. The zero-order valence-corrected chi connectivity index (χ0v) is 9.67. The Morgan fingerprint density at radius 2 is 2.12 bits per heavy atom. The lowest BCUT2D eigenvalue weighted by molar-refractivity contribution is 0.0684. The van der Waals surface area contributed by atoms with Crippen molar-refractivity contribution in [1.82, 2.24) is 14.2 Å². The fourth-order valence-electron chi connectivity index (χ4n) is 1.83. The number of aromatic carboxylic acids is 1. The van der Waals surface area contributed by atoms with Gasteiger partial charge in [0, 0.05) is 18.7 Å². The van der Waals surface area contributed by atoms with Gasteiger partial charge in [-0.25, -0.2) is 4.79 Å². The molecule has 0 aliphatic carbocycles. The summed E-state index contributed by atoms with van der Waals surface area (Å²) in [7, 11) is 0. The summed E-state index contributed by atoms with van der Waals surface area (Å²) in [5.41, 5.74) is 0.871. The van der Waals surface area contributed by atoms with Crippen molar-refractivity contribution in [2.75, 3.05) is 0 Å². The first kappa shape index (κ1) is 11.4. The molecular weight excluding hydrogens is 222 g/mol. The molecule has 2 aromatic heterocycles. The smallest absolute Gasteiger partial charge is 0.352 e. The van der Waals surface area contributed by atoms with E-state index in [1.807, 2.05) is 13.8 Å². The van der Waals surface area contributed by atoms with Crippen molar-refractivity contribution in [1.29, 1.82) is 0 Å². The molecule has 2 rings (SSSR count). The van der Waals surface area contributed by atoms with Crippen LogP contribution in [0.3, 0.4) is 0 Å².